The molecule has 0 aliphatic rings. The molecule has 0 bridgehead atoms. The molecule has 0 saturated heterocycles. The minimum absolute atomic E-state index is 0.673. The number of nitrogens with zero attached hydrogens (tertiary/aromatic N) is 1. The second kappa shape index (κ2) is 7.50. The van der Waals surface area contributed by atoms with Crippen molar-refractivity contribution < 1.29 is 4.74 Å². The molecule has 21 heavy (non-hydrogen) atoms. The molecule has 0 atom stereocenters. The van der Waals surface area contributed by atoms with Gasteiger partial charge in [0.05, 0.1) is 13.2 Å². The lowest BCUT2D eigenvalue weighted by atomic mass is 9.92. The summed E-state index contributed by atoms with van der Waals surface area (Å²) in [7, 11) is 1.67. The van der Waals surface area contributed by atoms with Crippen LogP contribution in [0.2, 0.25) is 0 Å². The first-order chi connectivity index (χ1) is 10.3. The van der Waals surface area contributed by atoms with E-state index in [4.69, 9.17) is 4.74 Å². The highest BCUT2D eigenvalue weighted by atomic mass is 16.5. The lowest BCUT2D eigenvalue weighted by Gasteiger charge is -2.22. The lowest BCUT2D eigenvalue weighted by molar-refractivity contribution is 0.416. The third-order valence-electron chi connectivity index (χ3n) is 3.61. The van der Waals surface area contributed by atoms with E-state index in [-0.39, 0.29) is 0 Å². The van der Waals surface area contributed by atoms with Gasteiger partial charge in [0.25, 0.3) is 0 Å². The summed E-state index contributed by atoms with van der Waals surface area (Å²) in [4.78, 5) is 0. The van der Waals surface area contributed by atoms with Crippen LogP contribution in [0.25, 0.3) is 11.1 Å². The second-order valence-electron chi connectivity index (χ2n) is 5.01. The second-order valence-corrected chi connectivity index (χ2v) is 5.01. The predicted octanol–water partition coefficient (Wildman–Crippen LogP) is 4.77. The Balaban J connectivity index is 2.52. The van der Waals surface area contributed by atoms with Gasteiger partial charge in [-0.15, -0.1) is 6.07 Å². The van der Waals surface area contributed by atoms with E-state index in [1.54, 1.807) is 7.11 Å². The summed E-state index contributed by atoms with van der Waals surface area (Å²) < 4.78 is 5.52. The number of benzene rings is 2. The van der Waals surface area contributed by atoms with Crippen LogP contribution in [0.1, 0.15) is 37.3 Å². The molecule has 108 valence electrons. The van der Waals surface area contributed by atoms with E-state index in [1.165, 1.54) is 12.8 Å². The number of hydrogen-bond donors (Lipinski definition) is 0. The molecule has 0 spiro atoms. The van der Waals surface area contributed by atoms with E-state index in [2.05, 4.69) is 19.1 Å². The van der Waals surface area contributed by atoms with Crippen LogP contribution in [0.15, 0.2) is 36.4 Å². The summed E-state index contributed by atoms with van der Waals surface area (Å²) in [5.41, 5.74) is 3.74. The summed E-state index contributed by atoms with van der Waals surface area (Å²) in [5.74, 6) is 0.808. The van der Waals surface area contributed by atoms with Crippen LogP contribution in [0.3, 0.4) is 0 Å². The van der Waals surface area contributed by atoms with E-state index in [0.717, 1.165) is 35.3 Å². The van der Waals surface area contributed by atoms with Gasteiger partial charge in [-0.2, -0.15) is 23.0 Å². The molecular weight excluding hydrogens is 258 g/mol. The van der Waals surface area contributed by atoms with Crippen LogP contribution >= 0.6 is 0 Å². The molecule has 0 N–H and O–H groups in total. The molecule has 2 nitrogen and oxygen atoms in total. The molecule has 0 aliphatic carbocycles. The third kappa shape index (κ3) is 3.44. The Morgan fingerprint density at radius 3 is 2.71 bits per heavy atom. The molecule has 0 fully saturated rings. The van der Waals surface area contributed by atoms with Crippen molar-refractivity contribution in [2.24, 2.45) is 0 Å². The van der Waals surface area contributed by atoms with Crippen LogP contribution in [0.5, 0.6) is 5.75 Å². The van der Waals surface area contributed by atoms with Crippen LogP contribution < -0.4 is 4.74 Å². The molecule has 0 radical (unpaired) electrons. The Kier molecular flexibility index (Phi) is 5.40. The molecule has 2 rings (SSSR count). The molecule has 0 amide bonds. The quantitative estimate of drug-likeness (QED) is 0.563. The van der Waals surface area contributed by atoms with Crippen LogP contribution in [0.4, 0.5) is 0 Å². The van der Waals surface area contributed by atoms with Gasteiger partial charge in [0.15, 0.2) is 0 Å². The van der Waals surface area contributed by atoms with Gasteiger partial charge in [-0.3, -0.25) is 0 Å². The smallest absolute Gasteiger partial charge is 0.0986 e. The summed E-state index contributed by atoms with van der Waals surface area (Å²) >= 11 is 0. The van der Waals surface area contributed by atoms with E-state index in [9.17, 15) is 5.26 Å². The standard InChI is InChI=1S/C19H20NO/c1-3-4-5-9-15-11-8-13-18(21-2)19(15)17-12-7-6-10-16(17)14-20/h6-8,10,12-13H,3-5,9H2,1-2H3/q-1. The molecule has 2 aromatic carbocycles. The Bertz CT molecular complexity index is 640. The molecule has 0 heterocycles. The average molecular weight is 278 g/mol. The number of unbranched alkanes of at least 4 members (excludes halogenated alkanes) is 2. The lowest BCUT2D eigenvalue weighted by Crippen LogP contribution is -1.97. The first-order valence-corrected chi connectivity index (χ1v) is 7.38. The summed E-state index contributed by atoms with van der Waals surface area (Å²) in [6, 6.07) is 17.1. The zero-order chi connectivity index (χ0) is 15.1. The van der Waals surface area contributed by atoms with Crippen molar-refractivity contribution in [3.8, 4) is 22.9 Å². The van der Waals surface area contributed by atoms with E-state index < -0.39 is 0 Å². The molecule has 2 heteroatoms. The Morgan fingerprint density at radius 1 is 1.19 bits per heavy atom. The zero-order valence-corrected chi connectivity index (χ0v) is 12.6. The fraction of sp³-hybridized carbons (Fsp3) is 0.316. The fourth-order valence-electron chi connectivity index (χ4n) is 2.54. The van der Waals surface area contributed by atoms with Crippen molar-refractivity contribution in [3.63, 3.8) is 0 Å². The largest absolute Gasteiger partial charge is 0.522 e. The Hall–Kier alpha value is -2.27. The van der Waals surface area contributed by atoms with Gasteiger partial charge in [-0.25, -0.2) is 0 Å². The Morgan fingerprint density at radius 2 is 2.00 bits per heavy atom. The first kappa shape index (κ1) is 15.1. The van der Waals surface area contributed by atoms with Crippen molar-refractivity contribution >= 4 is 0 Å². The van der Waals surface area contributed by atoms with Gasteiger partial charge in [0.2, 0.25) is 0 Å². The topological polar surface area (TPSA) is 33.0 Å². The van der Waals surface area contributed by atoms with E-state index in [1.807, 2.05) is 36.4 Å². The number of aryl methyl sites for hydroxylation is 1. The van der Waals surface area contributed by atoms with Crippen molar-refractivity contribution in [3.05, 3.63) is 53.6 Å². The SMILES string of the molecule is CCCCCc1[c-]ccc(OC)c1-c1ccccc1C#N. The number of hydrogen-bond acceptors (Lipinski definition) is 2. The normalized spacial score (nSPS) is 10.1. The molecule has 0 aliphatic heterocycles. The number of ether oxygens (including phenoxy) is 1. The van der Waals surface area contributed by atoms with Gasteiger partial charge >= 0.3 is 0 Å². The average Bonchev–Trinajstić information content (AvgIpc) is 2.54. The summed E-state index contributed by atoms with van der Waals surface area (Å²) in [6.45, 7) is 2.20. The van der Waals surface area contributed by atoms with E-state index in [0.29, 0.717) is 5.56 Å². The number of methoxy groups -OCH3 is 1. The maximum absolute atomic E-state index is 9.35. The van der Waals surface area contributed by atoms with Crippen molar-refractivity contribution in [1.82, 2.24) is 0 Å². The summed E-state index contributed by atoms with van der Waals surface area (Å²) in [5, 5.41) is 9.35. The minimum Gasteiger partial charge on any atom is -0.522 e. The van der Waals surface area contributed by atoms with E-state index >= 15 is 0 Å². The predicted molar refractivity (Wildman–Crippen MR) is 85.2 cm³/mol. The van der Waals surface area contributed by atoms with Gasteiger partial charge < -0.3 is 4.74 Å². The molecular formula is C19H20NO-. The first-order valence-electron chi connectivity index (χ1n) is 7.38. The van der Waals surface area contributed by atoms with Gasteiger partial charge in [-0.1, -0.05) is 61.9 Å². The monoisotopic (exact) mass is 278 g/mol. The molecule has 0 saturated carbocycles. The van der Waals surface area contributed by atoms with Gasteiger partial charge in [0, 0.05) is 11.3 Å². The van der Waals surface area contributed by atoms with Gasteiger partial charge in [0.1, 0.15) is 0 Å². The molecule has 2 aromatic rings. The fourth-order valence-corrected chi connectivity index (χ4v) is 2.54. The van der Waals surface area contributed by atoms with Crippen LogP contribution in [0, 0.1) is 17.4 Å². The third-order valence-corrected chi connectivity index (χ3v) is 3.61. The maximum Gasteiger partial charge on any atom is 0.0986 e. The maximum atomic E-state index is 9.35. The van der Waals surface area contributed by atoms with Crippen molar-refractivity contribution in [1.29, 1.82) is 5.26 Å². The Labute approximate surface area is 127 Å². The van der Waals surface area contributed by atoms with Crippen LogP contribution in [-0.4, -0.2) is 7.11 Å². The number of nitriles is 1. The highest BCUT2D eigenvalue weighted by Crippen LogP contribution is 2.35. The molecule has 0 unspecified atom stereocenters. The van der Waals surface area contributed by atoms with Gasteiger partial charge in [-0.05, 0) is 6.07 Å². The molecule has 0 aromatic heterocycles. The van der Waals surface area contributed by atoms with Crippen molar-refractivity contribution in [2.45, 2.75) is 32.6 Å². The summed E-state index contributed by atoms with van der Waals surface area (Å²) in [6.07, 6.45) is 4.47. The van der Waals surface area contributed by atoms with Crippen LogP contribution in [-0.2, 0) is 6.42 Å². The highest BCUT2D eigenvalue weighted by molar-refractivity contribution is 5.78. The number of rotatable bonds is 6. The zero-order valence-electron chi connectivity index (χ0n) is 12.6. The highest BCUT2D eigenvalue weighted by Gasteiger charge is 2.07. The minimum atomic E-state index is 0.673. The van der Waals surface area contributed by atoms with Crippen molar-refractivity contribution in [2.75, 3.05) is 7.11 Å².